The number of aliphatic hydroxyl groups excluding tert-OH is 1. The molecular formula is C16H24O2. The minimum Gasteiger partial charge on any atom is -0.487 e. The fraction of sp³-hybridized carbons (Fsp3) is 0.625. The molecule has 2 atom stereocenters. The molecule has 0 amide bonds. The van der Waals surface area contributed by atoms with Crippen molar-refractivity contribution in [3.8, 4) is 5.75 Å². The van der Waals surface area contributed by atoms with Gasteiger partial charge in [-0.2, -0.15) is 0 Å². The van der Waals surface area contributed by atoms with Crippen LogP contribution in [-0.2, 0) is 6.42 Å². The summed E-state index contributed by atoms with van der Waals surface area (Å²) in [6, 6.07) is 6.10. The Labute approximate surface area is 110 Å². The largest absolute Gasteiger partial charge is 0.487 e. The van der Waals surface area contributed by atoms with Crippen LogP contribution in [-0.4, -0.2) is 10.7 Å². The van der Waals surface area contributed by atoms with Gasteiger partial charge in [-0.25, -0.2) is 0 Å². The Morgan fingerprint density at radius 2 is 2.11 bits per heavy atom. The van der Waals surface area contributed by atoms with Crippen LogP contribution in [0.3, 0.4) is 0 Å². The van der Waals surface area contributed by atoms with E-state index in [0.717, 1.165) is 30.6 Å². The summed E-state index contributed by atoms with van der Waals surface area (Å²) in [5, 5.41) is 10.2. The van der Waals surface area contributed by atoms with Gasteiger partial charge in [0.2, 0.25) is 0 Å². The Hall–Kier alpha value is -1.02. The third-order valence-corrected chi connectivity index (χ3v) is 3.79. The smallest absolute Gasteiger partial charge is 0.123 e. The van der Waals surface area contributed by atoms with Crippen LogP contribution in [0.5, 0.6) is 5.75 Å². The second kappa shape index (κ2) is 4.93. The van der Waals surface area contributed by atoms with Crippen molar-refractivity contribution in [1.29, 1.82) is 0 Å². The number of aliphatic hydroxyl groups is 1. The Morgan fingerprint density at radius 1 is 1.39 bits per heavy atom. The average molecular weight is 248 g/mol. The molecule has 2 heteroatoms. The van der Waals surface area contributed by atoms with E-state index in [1.54, 1.807) is 0 Å². The minimum atomic E-state index is -0.353. The topological polar surface area (TPSA) is 29.5 Å². The highest BCUT2D eigenvalue weighted by atomic mass is 16.5. The molecule has 1 heterocycles. The normalized spacial score (nSPS) is 20.1. The van der Waals surface area contributed by atoms with Crippen molar-refractivity contribution in [3.05, 3.63) is 29.3 Å². The van der Waals surface area contributed by atoms with E-state index in [0.29, 0.717) is 5.92 Å². The molecule has 0 saturated carbocycles. The predicted molar refractivity (Wildman–Crippen MR) is 73.9 cm³/mol. The summed E-state index contributed by atoms with van der Waals surface area (Å²) < 4.78 is 5.85. The van der Waals surface area contributed by atoms with Crippen LogP contribution in [0.15, 0.2) is 18.2 Å². The lowest BCUT2D eigenvalue weighted by molar-refractivity contribution is 0.138. The molecule has 0 fully saturated rings. The van der Waals surface area contributed by atoms with E-state index in [1.165, 1.54) is 5.56 Å². The number of rotatable bonds is 4. The van der Waals surface area contributed by atoms with Crippen LogP contribution < -0.4 is 4.74 Å². The van der Waals surface area contributed by atoms with Gasteiger partial charge in [0.1, 0.15) is 11.4 Å². The van der Waals surface area contributed by atoms with Crippen LogP contribution in [0.4, 0.5) is 0 Å². The summed E-state index contributed by atoms with van der Waals surface area (Å²) in [4.78, 5) is 0. The van der Waals surface area contributed by atoms with Gasteiger partial charge in [0.05, 0.1) is 6.10 Å². The van der Waals surface area contributed by atoms with E-state index in [2.05, 4.69) is 33.8 Å². The van der Waals surface area contributed by atoms with Crippen molar-refractivity contribution in [2.75, 3.05) is 0 Å². The lowest BCUT2D eigenvalue weighted by Gasteiger charge is -2.16. The van der Waals surface area contributed by atoms with Crippen molar-refractivity contribution in [1.82, 2.24) is 0 Å². The first-order valence-electron chi connectivity index (χ1n) is 6.91. The Kier molecular flexibility index (Phi) is 3.67. The number of ether oxygens (including phenoxy) is 1. The van der Waals surface area contributed by atoms with Crippen molar-refractivity contribution < 1.29 is 9.84 Å². The average Bonchev–Trinajstić information content (AvgIpc) is 2.61. The lowest BCUT2D eigenvalue weighted by Crippen LogP contribution is -2.24. The lowest BCUT2D eigenvalue weighted by atomic mass is 9.94. The van der Waals surface area contributed by atoms with Gasteiger partial charge in [0, 0.05) is 6.42 Å². The molecule has 1 aliphatic rings. The molecule has 100 valence electrons. The number of hydrogen-bond donors (Lipinski definition) is 1. The molecule has 2 nitrogen and oxygen atoms in total. The summed E-state index contributed by atoms with van der Waals surface area (Å²) in [5.74, 6) is 1.53. The van der Waals surface area contributed by atoms with Gasteiger partial charge >= 0.3 is 0 Å². The molecule has 2 unspecified atom stereocenters. The molecule has 0 aromatic heterocycles. The van der Waals surface area contributed by atoms with E-state index >= 15 is 0 Å². The van der Waals surface area contributed by atoms with E-state index in [9.17, 15) is 5.11 Å². The summed E-state index contributed by atoms with van der Waals surface area (Å²) >= 11 is 0. The first-order chi connectivity index (χ1) is 8.41. The quantitative estimate of drug-likeness (QED) is 0.876. The minimum absolute atomic E-state index is 0.109. The third-order valence-electron chi connectivity index (χ3n) is 3.79. The molecule has 0 bridgehead atoms. The molecule has 0 radical (unpaired) electrons. The highest BCUT2D eigenvalue weighted by Crippen LogP contribution is 2.37. The highest BCUT2D eigenvalue weighted by Gasteiger charge is 2.30. The predicted octanol–water partition coefficient (Wildman–Crippen LogP) is 3.87. The highest BCUT2D eigenvalue weighted by molar-refractivity contribution is 5.42. The third kappa shape index (κ3) is 2.86. The zero-order chi connectivity index (χ0) is 13.3. The summed E-state index contributed by atoms with van der Waals surface area (Å²) in [5.41, 5.74) is 2.14. The second-order valence-corrected chi connectivity index (χ2v) is 6.17. The van der Waals surface area contributed by atoms with Gasteiger partial charge < -0.3 is 9.84 Å². The molecule has 1 N–H and O–H groups in total. The van der Waals surface area contributed by atoms with E-state index in [1.807, 2.05) is 12.1 Å². The zero-order valence-corrected chi connectivity index (χ0v) is 11.9. The Morgan fingerprint density at radius 3 is 2.78 bits per heavy atom. The maximum Gasteiger partial charge on any atom is 0.123 e. The summed E-state index contributed by atoms with van der Waals surface area (Å²) in [7, 11) is 0. The van der Waals surface area contributed by atoms with Gasteiger partial charge in [-0.05, 0) is 49.4 Å². The van der Waals surface area contributed by atoms with Crippen LogP contribution in [0.1, 0.15) is 57.8 Å². The molecule has 0 spiro atoms. The fourth-order valence-electron chi connectivity index (χ4n) is 2.52. The van der Waals surface area contributed by atoms with Crippen molar-refractivity contribution in [3.63, 3.8) is 0 Å². The zero-order valence-electron chi connectivity index (χ0n) is 11.9. The van der Waals surface area contributed by atoms with Crippen molar-refractivity contribution in [2.45, 2.75) is 58.7 Å². The molecule has 1 aliphatic heterocycles. The van der Waals surface area contributed by atoms with Gasteiger partial charge in [-0.1, -0.05) is 26.3 Å². The monoisotopic (exact) mass is 248 g/mol. The standard InChI is InChI=1S/C16H24O2/c1-5-11(2)8-14(17)12-6-7-15-13(9-12)10-16(3,4)18-15/h6-7,9,11,14,17H,5,8,10H2,1-4H3. The fourth-order valence-corrected chi connectivity index (χ4v) is 2.52. The second-order valence-electron chi connectivity index (χ2n) is 6.17. The number of benzene rings is 1. The van der Waals surface area contributed by atoms with Gasteiger partial charge in [-0.15, -0.1) is 0 Å². The Balaban J connectivity index is 2.13. The van der Waals surface area contributed by atoms with E-state index in [-0.39, 0.29) is 11.7 Å². The maximum absolute atomic E-state index is 10.2. The van der Waals surface area contributed by atoms with Gasteiger partial charge in [0.25, 0.3) is 0 Å². The molecular weight excluding hydrogens is 224 g/mol. The SMILES string of the molecule is CCC(C)CC(O)c1ccc2c(c1)CC(C)(C)O2. The molecule has 2 rings (SSSR count). The molecule has 1 aromatic rings. The van der Waals surface area contributed by atoms with Crippen LogP contribution >= 0.6 is 0 Å². The first-order valence-corrected chi connectivity index (χ1v) is 6.91. The summed E-state index contributed by atoms with van der Waals surface area (Å²) in [6.45, 7) is 8.55. The number of fused-ring (bicyclic) bond motifs is 1. The van der Waals surface area contributed by atoms with Crippen LogP contribution in [0, 0.1) is 5.92 Å². The first kappa shape index (κ1) is 13.4. The maximum atomic E-state index is 10.2. The van der Waals surface area contributed by atoms with Crippen LogP contribution in [0.2, 0.25) is 0 Å². The molecule has 18 heavy (non-hydrogen) atoms. The van der Waals surface area contributed by atoms with Crippen LogP contribution in [0.25, 0.3) is 0 Å². The van der Waals surface area contributed by atoms with E-state index < -0.39 is 0 Å². The Bertz CT molecular complexity index is 423. The molecule has 0 saturated heterocycles. The van der Waals surface area contributed by atoms with Gasteiger partial charge in [0.15, 0.2) is 0 Å². The molecule has 0 aliphatic carbocycles. The van der Waals surface area contributed by atoms with Gasteiger partial charge in [-0.3, -0.25) is 0 Å². The van der Waals surface area contributed by atoms with Crippen molar-refractivity contribution in [2.24, 2.45) is 5.92 Å². The van der Waals surface area contributed by atoms with E-state index in [4.69, 9.17) is 4.74 Å². The number of hydrogen-bond acceptors (Lipinski definition) is 2. The molecule has 1 aromatic carbocycles. The summed E-state index contributed by atoms with van der Waals surface area (Å²) in [6.07, 6.45) is 2.51. The van der Waals surface area contributed by atoms with Crippen molar-refractivity contribution >= 4 is 0 Å².